The van der Waals surface area contributed by atoms with Gasteiger partial charge in [0, 0.05) is 26.9 Å². The van der Waals surface area contributed by atoms with Gasteiger partial charge in [0.2, 0.25) is 18.9 Å². The summed E-state index contributed by atoms with van der Waals surface area (Å²) in [7, 11) is 1.29. The van der Waals surface area contributed by atoms with Crippen LogP contribution in [0.2, 0.25) is 0 Å². The summed E-state index contributed by atoms with van der Waals surface area (Å²) < 4.78 is 123. The zero-order chi connectivity index (χ0) is 74.6. The second kappa shape index (κ2) is 44.0. The van der Waals surface area contributed by atoms with Gasteiger partial charge in [-0.05, 0) is 71.7 Å². The predicted molar refractivity (Wildman–Crippen MR) is 388 cm³/mol. The van der Waals surface area contributed by atoms with Crippen LogP contribution in [0.4, 0.5) is 0 Å². The summed E-state index contributed by atoms with van der Waals surface area (Å²) in [5.41, 5.74) is 5.80. The number of carbonyl (C=O) groups excluding carboxylic acids is 3. The van der Waals surface area contributed by atoms with Crippen LogP contribution in [0.25, 0.3) is 0 Å². The number of esters is 3. The standard InChI is InChI=1S/C84H98O22/c1-7-92-82(88)84(83(99-58-72-47-30-15-31-48-72)76(96-55-69-41-24-12-25-42-69)77(104-83)93-50-32-49-75(87)89-6,105-80(78(100-63(4)85)97-56-70-43-26-13-27-44-70)102-73(59-90-51-65-33-16-8-17-34-65)61(2)94-53-67-37-20-10-21-38-67)106-81(79(101-64(5)86)98-57-71-45-28-14-29-46-71)103-74(60-91-52-66-35-18-9-19-36-66)62(3)95-54-68-39-22-11-23-40-68/h8-31,33-48,61-62,73-74,76-82,88H,7,32,49-60H2,1-6H3/t61?,62?,73?,74?,76-,77?,78-,79-,80?,81?,82?,83?,84?/m0/s1. The zero-order valence-corrected chi connectivity index (χ0v) is 60.9. The number of carbonyl (C=O) groups is 3. The lowest BCUT2D eigenvalue weighted by Crippen LogP contribution is -2.83. The van der Waals surface area contributed by atoms with Gasteiger partial charge < -0.3 is 90.4 Å². The molecule has 0 amide bonds. The van der Waals surface area contributed by atoms with E-state index in [0.29, 0.717) is 22.3 Å². The maximum atomic E-state index is 14.1. The minimum Gasteiger partial charge on any atom is -0.469 e. The number of rotatable bonds is 49. The Balaban J connectivity index is 1.31. The van der Waals surface area contributed by atoms with Crippen molar-refractivity contribution in [2.75, 3.05) is 33.5 Å². The largest absolute Gasteiger partial charge is 0.469 e. The van der Waals surface area contributed by atoms with Crippen molar-refractivity contribution in [1.82, 2.24) is 0 Å². The van der Waals surface area contributed by atoms with Crippen LogP contribution in [0.3, 0.4) is 0 Å². The fraction of sp³-hybridized carbons (Fsp3) is 0.393. The first-order chi connectivity index (χ1) is 51.7. The van der Waals surface area contributed by atoms with Crippen molar-refractivity contribution in [2.45, 2.75) is 180 Å². The van der Waals surface area contributed by atoms with Gasteiger partial charge in [0.05, 0.1) is 92.0 Å². The van der Waals surface area contributed by atoms with E-state index in [1.165, 1.54) is 21.0 Å². The van der Waals surface area contributed by atoms with Crippen molar-refractivity contribution >= 4 is 17.9 Å². The summed E-state index contributed by atoms with van der Waals surface area (Å²) in [6.45, 7) is 5.97. The average molecular weight is 1460 g/mol. The number of aliphatic hydroxyl groups excluding tert-OH is 1. The van der Waals surface area contributed by atoms with Crippen molar-refractivity contribution in [3.8, 4) is 0 Å². The first-order valence-corrected chi connectivity index (χ1v) is 35.6. The van der Waals surface area contributed by atoms with Gasteiger partial charge in [0.15, 0.2) is 12.4 Å². The Morgan fingerprint density at radius 2 is 0.783 bits per heavy atom. The second-order valence-electron chi connectivity index (χ2n) is 25.0. The number of ether oxygens (including phenoxy) is 18. The molecule has 0 aliphatic carbocycles. The topological polar surface area (TPSA) is 238 Å². The van der Waals surface area contributed by atoms with Gasteiger partial charge in [-0.1, -0.05) is 243 Å². The monoisotopic (exact) mass is 1460 g/mol. The number of methoxy groups -OCH3 is 1. The van der Waals surface area contributed by atoms with Gasteiger partial charge in [-0.3, -0.25) is 14.4 Å². The molecule has 8 aromatic carbocycles. The van der Waals surface area contributed by atoms with Crippen LogP contribution in [-0.4, -0.2) is 136 Å². The Bertz CT molecular complexity index is 3550. The Labute approximate surface area is 620 Å². The van der Waals surface area contributed by atoms with E-state index in [1.54, 1.807) is 69.3 Å². The maximum absolute atomic E-state index is 14.1. The molecule has 566 valence electrons. The van der Waals surface area contributed by atoms with E-state index in [4.69, 9.17) is 85.3 Å². The lowest BCUT2D eigenvalue weighted by Gasteiger charge is -2.61. The van der Waals surface area contributed by atoms with Gasteiger partial charge in [-0.2, -0.15) is 0 Å². The highest BCUT2D eigenvalue weighted by atomic mass is 16.9. The highest BCUT2D eigenvalue weighted by Crippen LogP contribution is 2.52. The van der Waals surface area contributed by atoms with Crippen LogP contribution in [0.15, 0.2) is 243 Å². The van der Waals surface area contributed by atoms with E-state index < -0.39 is 97.7 Å². The van der Waals surface area contributed by atoms with E-state index >= 15 is 0 Å². The number of aliphatic hydroxyl groups is 1. The first kappa shape index (κ1) is 81.6. The molecule has 106 heavy (non-hydrogen) atoms. The lowest BCUT2D eigenvalue weighted by atomic mass is 9.90. The van der Waals surface area contributed by atoms with Gasteiger partial charge in [-0.15, -0.1) is 0 Å². The molecular formula is C84H98O22. The molecule has 1 aliphatic heterocycles. The number of hydrogen-bond donors (Lipinski definition) is 1. The molecule has 22 nitrogen and oxygen atoms in total. The number of hydrogen-bond acceptors (Lipinski definition) is 22. The van der Waals surface area contributed by atoms with Crippen LogP contribution in [-0.2, 0) is 153 Å². The zero-order valence-electron chi connectivity index (χ0n) is 60.9. The van der Waals surface area contributed by atoms with E-state index in [1.807, 2.05) is 194 Å². The van der Waals surface area contributed by atoms with Crippen molar-refractivity contribution in [3.63, 3.8) is 0 Å². The summed E-state index contributed by atoms with van der Waals surface area (Å²) in [6.07, 6.45) is -18.0. The van der Waals surface area contributed by atoms with E-state index in [0.717, 1.165) is 22.3 Å². The summed E-state index contributed by atoms with van der Waals surface area (Å²) in [6, 6.07) is 74.3. The predicted octanol–water partition coefficient (Wildman–Crippen LogP) is 13.2. The van der Waals surface area contributed by atoms with Crippen LogP contribution >= 0.6 is 0 Å². The second-order valence-corrected chi connectivity index (χ2v) is 25.0. The molecule has 1 aliphatic rings. The molecule has 0 saturated carbocycles. The highest BCUT2D eigenvalue weighted by molar-refractivity contribution is 5.69. The van der Waals surface area contributed by atoms with Crippen molar-refractivity contribution in [1.29, 1.82) is 0 Å². The normalized spacial score (nSPS) is 18.1. The fourth-order valence-corrected chi connectivity index (χ4v) is 11.3. The molecule has 0 radical (unpaired) electrons. The molecule has 1 fully saturated rings. The van der Waals surface area contributed by atoms with Crippen LogP contribution in [0, 0.1) is 0 Å². The van der Waals surface area contributed by atoms with E-state index in [2.05, 4.69) is 0 Å². The van der Waals surface area contributed by atoms with Crippen molar-refractivity contribution < 1.29 is 105 Å². The molecular weight excluding hydrogens is 1360 g/mol. The Morgan fingerprint density at radius 3 is 1.13 bits per heavy atom. The average Bonchev–Trinajstić information content (AvgIpc) is 0.695. The summed E-state index contributed by atoms with van der Waals surface area (Å²) in [4.78, 5) is 40.8. The van der Waals surface area contributed by atoms with Crippen LogP contribution < -0.4 is 0 Å². The quantitative estimate of drug-likeness (QED) is 0.0161. The fourth-order valence-electron chi connectivity index (χ4n) is 11.3. The smallest absolute Gasteiger partial charge is 0.305 e. The molecule has 0 spiro atoms. The molecule has 12 atom stereocenters. The third kappa shape index (κ3) is 25.6. The molecule has 0 aromatic heterocycles. The van der Waals surface area contributed by atoms with Gasteiger partial charge in [-0.25, -0.2) is 0 Å². The molecule has 9 unspecified atom stereocenters. The van der Waals surface area contributed by atoms with Crippen molar-refractivity contribution in [2.24, 2.45) is 0 Å². The first-order valence-electron chi connectivity index (χ1n) is 35.6. The van der Waals surface area contributed by atoms with Crippen molar-refractivity contribution in [3.05, 3.63) is 287 Å². The Kier molecular flexibility index (Phi) is 33.9. The summed E-state index contributed by atoms with van der Waals surface area (Å²) >= 11 is 0. The Hall–Kier alpha value is -8.47. The molecule has 1 heterocycles. The molecule has 1 saturated heterocycles. The van der Waals surface area contributed by atoms with Gasteiger partial charge in [0.25, 0.3) is 24.2 Å². The third-order valence-electron chi connectivity index (χ3n) is 16.9. The van der Waals surface area contributed by atoms with Crippen LogP contribution in [0.5, 0.6) is 0 Å². The highest BCUT2D eigenvalue weighted by Gasteiger charge is 2.77. The Morgan fingerprint density at radius 1 is 0.443 bits per heavy atom. The van der Waals surface area contributed by atoms with Gasteiger partial charge in [0.1, 0.15) is 12.2 Å². The molecule has 1 N–H and O–H groups in total. The minimum absolute atomic E-state index is 0.0415. The summed E-state index contributed by atoms with van der Waals surface area (Å²) in [5, 5.41) is 14.0. The molecule has 22 heteroatoms. The summed E-state index contributed by atoms with van der Waals surface area (Å²) in [5.74, 6) is -8.28. The molecule has 9 rings (SSSR count). The molecule has 8 aromatic rings. The maximum Gasteiger partial charge on any atom is 0.305 e. The molecule has 0 bridgehead atoms. The third-order valence-corrected chi connectivity index (χ3v) is 16.9. The SMILES string of the molecule is CCOC(O)C(OC(OC(COCc1ccccc1)C(C)OCc1ccccc1)[C@@H](OCc1ccccc1)OC(C)=O)(OC(OC(COCc1ccccc1)C(C)OCc1ccccc1)[C@@H](OCc1ccccc1)OC(C)=O)C1(OCc2ccccc2)OC(OCCCC(=O)OC)[C@@H]1OCc1ccccc1. The van der Waals surface area contributed by atoms with E-state index in [9.17, 15) is 19.5 Å². The minimum atomic E-state index is -3.27. The number of benzene rings is 8. The lowest BCUT2D eigenvalue weighted by molar-refractivity contribution is -0.583. The van der Waals surface area contributed by atoms with Gasteiger partial charge >= 0.3 is 17.9 Å². The van der Waals surface area contributed by atoms with Crippen LogP contribution in [0.1, 0.15) is 92.0 Å². The van der Waals surface area contributed by atoms with E-state index in [-0.39, 0.29) is 92.1 Å².